The maximum Gasteiger partial charge on any atom is 0.307 e. The van der Waals surface area contributed by atoms with Crippen molar-refractivity contribution in [3.63, 3.8) is 0 Å². The topological polar surface area (TPSA) is 84.9 Å². The van der Waals surface area contributed by atoms with Gasteiger partial charge in [0.05, 0.1) is 25.0 Å². The number of aliphatic carboxylic acids is 1. The molecule has 2 atom stereocenters. The molecule has 2 N–H and O–H groups in total. The molecule has 0 bridgehead atoms. The van der Waals surface area contributed by atoms with Crippen LogP contribution in [0.1, 0.15) is 19.3 Å². The summed E-state index contributed by atoms with van der Waals surface area (Å²) in [4.78, 5) is 23.1. The van der Waals surface area contributed by atoms with Gasteiger partial charge in [-0.1, -0.05) is 12.2 Å². The average molecular weight is 285 g/mol. The number of allylic oxidation sites excluding steroid dienone is 2. The Morgan fingerprint density at radius 3 is 2.55 bits per heavy atom. The summed E-state index contributed by atoms with van der Waals surface area (Å²) in [6, 6.07) is 0. The van der Waals surface area contributed by atoms with Crippen LogP contribution in [0.3, 0.4) is 0 Å². The van der Waals surface area contributed by atoms with Gasteiger partial charge in [-0.15, -0.1) is 0 Å². The number of rotatable bonds is 9. The highest BCUT2D eigenvalue weighted by molar-refractivity contribution is 5.85. The Morgan fingerprint density at radius 1 is 1.20 bits per heavy atom. The van der Waals surface area contributed by atoms with Gasteiger partial charge in [0.15, 0.2) is 0 Å². The summed E-state index contributed by atoms with van der Waals surface area (Å²) in [5.41, 5.74) is 0. The van der Waals surface area contributed by atoms with E-state index in [0.717, 1.165) is 0 Å². The Labute approximate surface area is 119 Å². The number of nitrogens with one attached hydrogen (secondary N) is 1. The Balaban J connectivity index is 2.21. The van der Waals surface area contributed by atoms with E-state index in [9.17, 15) is 9.59 Å². The first-order chi connectivity index (χ1) is 9.66. The number of carbonyl (C=O) groups excluding carboxylic acids is 1. The lowest BCUT2D eigenvalue weighted by atomic mass is 9.82. The third kappa shape index (κ3) is 5.71. The van der Waals surface area contributed by atoms with Crippen molar-refractivity contribution >= 4 is 11.9 Å². The molecular weight excluding hydrogens is 262 g/mol. The molecule has 6 heteroatoms. The summed E-state index contributed by atoms with van der Waals surface area (Å²) in [6.45, 7) is 2.15. The number of ether oxygens (including phenoxy) is 2. The minimum atomic E-state index is -0.905. The number of carboxylic acid groups (broad SMARTS) is 1. The Morgan fingerprint density at radius 2 is 1.90 bits per heavy atom. The lowest BCUT2D eigenvalue weighted by Crippen LogP contribution is -2.39. The number of hydrogen-bond donors (Lipinski definition) is 2. The van der Waals surface area contributed by atoms with Gasteiger partial charge in [-0.3, -0.25) is 9.59 Å². The molecule has 0 aliphatic heterocycles. The van der Waals surface area contributed by atoms with Crippen molar-refractivity contribution in [1.29, 1.82) is 0 Å². The zero-order valence-electron chi connectivity index (χ0n) is 11.8. The van der Waals surface area contributed by atoms with Crippen molar-refractivity contribution in [2.24, 2.45) is 11.8 Å². The van der Waals surface area contributed by atoms with E-state index in [4.69, 9.17) is 14.6 Å². The first-order valence-corrected chi connectivity index (χ1v) is 6.89. The Kier molecular flexibility index (Phi) is 7.91. The summed E-state index contributed by atoms with van der Waals surface area (Å²) in [6.07, 6.45) is 5.32. The van der Waals surface area contributed by atoms with E-state index in [1.807, 2.05) is 12.2 Å². The third-order valence-electron chi connectivity index (χ3n) is 3.28. The van der Waals surface area contributed by atoms with Gasteiger partial charge in [0.2, 0.25) is 5.91 Å². The van der Waals surface area contributed by atoms with Crippen LogP contribution in [0, 0.1) is 11.8 Å². The van der Waals surface area contributed by atoms with Crippen molar-refractivity contribution in [3.05, 3.63) is 12.2 Å². The molecule has 114 valence electrons. The normalized spacial score (nSPS) is 21.6. The van der Waals surface area contributed by atoms with E-state index < -0.39 is 17.8 Å². The molecule has 2 unspecified atom stereocenters. The smallest absolute Gasteiger partial charge is 0.307 e. The minimum absolute atomic E-state index is 0.182. The summed E-state index contributed by atoms with van der Waals surface area (Å²) >= 11 is 0. The Hall–Kier alpha value is -1.40. The number of carbonyl (C=O) groups is 2. The highest BCUT2D eigenvalue weighted by atomic mass is 16.5. The zero-order valence-corrected chi connectivity index (χ0v) is 11.8. The molecule has 0 saturated carbocycles. The molecule has 0 heterocycles. The van der Waals surface area contributed by atoms with E-state index in [0.29, 0.717) is 45.6 Å². The molecule has 1 aliphatic carbocycles. The lowest BCUT2D eigenvalue weighted by molar-refractivity contribution is -0.147. The van der Waals surface area contributed by atoms with Crippen LogP contribution in [0.4, 0.5) is 0 Å². The number of methoxy groups -OCH3 is 1. The molecule has 6 nitrogen and oxygen atoms in total. The molecule has 0 aromatic heterocycles. The molecule has 0 spiro atoms. The summed E-state index contributed by atoms with van der Waals surface area (Å²) in [5, 5.41) is 11.9. The van der Waals surface area contributed by atoms with Crippen LogP contribution in [0.25, 0.3) is 0 Å². The number of amides is 1. The van der Waals surface area contributed by atoms with Crippen LogP contribution < -0.4 is 5.32 Å². The summed E-state index contributed by atoms with van der Waals surface area (Å²) in [7, 11) is 1.61. The molecular formula is C14H23NO5. The predicted molar refractivity (Wildman–Crippen MR) is 73.3 cm³/mol. The minimum Gasteiger partial charge on any atom is -0.481 e. The van der Waals surface area contributed by atoms with Crippen molar-refractivity contribution in [3.8, 4) is 0 Å². The SMILES string of the molecule is COCCOCCCNC(=O)C1CC=CCC1C(=O)O. The molecule has 1 aliphatic rings. The van der Waals surface area contributed by atoms with Gasteiger partial charge >= 0.3 is 5.97 Å². The van der Waals surface area contributed by atoms with Gasteiger partial charge in [0, 0.05) is 20.3 Å². The Bertz CT molecular complexity index is 342. The van der Waals surface area contributed by atoms with Crippen LogP contribution in [0.2, 0.25) is 0 Å². The van der Waals surface area contributed by atoms with Crippen LogP contribution >= 0.6 is 0 Å². The molecule has 1 amide bonds. The molecule has 1 rings (SSSR count). The van der Waals surface area contributed by atoms with E-state index in [1.54, 1.807) is 7.11 Å². The highest BCUT2D eigenvalue weighted by Gasteiger charge is 2.33. The van der Waals surface area contributed by atoms with Crippen molar-refractivity contribution in [1.82, 2.24) is 5.32 Å². The molecule has 0 aromatic rings. The van der Waals surface area contributed by atoms with Gasteiger partial charge in [0.1, 0.15) is 0 Å². The van der Waals surface area contributed by atoms with E-state index >= 15 is 0 Å². The second kappa shape index (κ2) is 9.50. The van der Waals surface area contributed by atoms with E-state index in [1.165, 1.54) is 0 Å². The van der Waals surface area contributed by atoms with Crippen LogP contribution in [0.5, 0.6) is 0 Å². The summed E-state index contributed by atoms with van der Waals surface area (Å²) in [5.74, 6) is -2.17. The van der Waals surface area contributed by atoms with E-state index in [-0.39, 0.29) is 5.91 Å². The van der Waals surface area contributed by atoms with Crippen molar-refractivity contribution in [2.75, 3.05) is 33.5 Å². The second-order valence-corrected chi connectivity index (χ2v) is 4.74. The van der Waals surface area contributed by atoms with Crippen molar-refractivity contribution < 1.29 is 24.2 Å². The third-order valence-corrected chi connectivity index (χ3v) is 3.28. The standard InChI is InChI=1S/C14H23NO5/c1-19-9-10-20-8-4-7-15-13(16)11-5-2-3-6-12(11)14(17)18/h2-3,11-12H,4-10H2,1H3,(H,15,16)(H,17,18). The molecule has 20 heavy (non-hydrogen) atoms. The first kappa shape index (κ1) is 16.7. The van der Waals surface area contributed by atoms with Gasteiger partial charge in [-0.25, -0.2) is 0 Å². The fraction of sp³-hybridized carbons (Fsp3) is 0.714. The zero-order chi connectivity index (χ0) is 14.8. The first-order valence-electron chi connectivity index (χ1n) is 6.89. The molecule has 0 fully saturated rings. The second-order valence-electron chi connectivity index (χ2n) is 4.74. The lowest BCUT2D eigenvalue weighted by Gasteiger charge is -2.24. The fourth-order valence-electron chi connectivity index (χ4n) is 2.14. The molecule has 0 radical (unpaired) electrons. The average Bonchev–Trinajstić information content (AvgIpc) is 2.46. The monoisotopic (exact) mass is 285 g/mol. The van der Waals surface area contributed by atoms with Gasteiger partial charge in [-0.05, 0) is 19.3 Å². The maximum atomic E-state index is 12.0. The number of carboxylic acids is 1. The number of hydrogen-bond acceptors (Lipinski definition) is 4. The summed E-state index contributed by atoms with van der Waals surface area (Å²) < 4.78 is 10.1. The largest absolute Gasteiger partial charge is 0.481 e. The fourth-order valence-corrected chi connectivity index (χ4v) is 2.14. The molecule has 0 aromatic carbocycles. The van der Waals surface area contributed by atoms with Gasteiger partial charge in [-0.2, -0.15) is 0 Å². The maximum absolute atomic E-state index is 12.0. The van der Waals surface area contributed by atoms with Crippen LogP contribution in [-0.4, -0.2) is 50.5 Å². The van der Waals surface area contributed by atoms with Gasteiger partial charge < -0.3 is 19.9 Å². The van der Waals surface area contributed by atoms with Crippen molar-refractivity contribution in [2.45, 2.75) is 19.3 Å². The quantitative estimate of drug-likeness (QED) is 0.484. The molecule has 0 saturated heterocycles. The predicted octanol–water partition coefficient (Wildman–Crippen LogP) is 0.823. The van der Waals surface area contributed by atoms with E-state index in [2.05, 4.69) is 5.32 Å². The van der Waals surface area contributed by atoms with Crippen LogP contribution in [-0.2, 0) is 19.1 Å². The van der Waals surface area contributed by atoms with Gasteiger partial charge in [0.25, 0.3) is 0 Å². The highest BCUT2D eigenvalue weighted by Crippen LogP contribution is 2.25. The van der Waals surface area contributed by atoms with Crippen LogP contribution in [0.15, 0.2) is 12.2 Å².